The number of alkyl halides is 3. The molecule has 0 aromatic carbocycles. The van der Waals surface area contributed by atoms with Crippen molar-refractivity contribution in [3.05, 3.63) is 12.3 Å². The lowest BCUT2D eigenvalue weighted by Crippen LogP contribution is -2.56. The van der Waals surface area contributed by atoms with Crippen LogP contribution in [0.25, 0.3) is 0 Å². The monoisotopic (exact) mass is 613 g/mol. The van der Waals surface area contributed by atoms with Gasteiger partial charge in [0.1, 0.15) is 6.61 Å². The van der Waals surface area contributed by atoms with Gasteiger partial charge in [-0.05, 0) is 41.5 Å². The number of carbonyl (C=O) groups excluding carboxylic acids is 2. The number of carbonyl (C=O) groups is 2. The van der Waals surface area contributed by atoms with E-state index in [4.69, 9.17) is 11.2 Å². The number of halogens is 3. The summed E-state index contributed by atoms with van der Waals surface area (Å²) in [7, 11) is 0. The van der Waals surface area contributed by atoms with Crippen LogP contribution < -0.4 is 16.0 Å². The van der Waals surface area contributed by atoms with E-state index < -0.39 is 14.1 Å². The van der Waals surface area contributed by atoms with Crippen molar-refractivity contribution in [2.45, 2.75) is 54.5 Å². The molecule has 0 saturated heterocycles. The molecule has 0 fully saturated rings. The maximum atomic E-state index is 12.5. The highest BCUT2D eigenvalue weighted by molar-refractivity contribution is 9.10. The molecule has 172 valence electrons. The van der Waals surface area contributed by atoms with E-state index in [-0.39, 0.29) is 42.4 Å². The van der Waals surface area contributed by atoms with E-state index in [1.54, 1.807) is 27.7 Å². The molecule has 0 aromatic heterocycles. The molecule has 0 saturated carbocycles. The summed E-state index contributed by atoms with van der Waals surface area (Å²) in [6.07, 6.45) is 5.33. The third-order valence-corrected chi connectivity index (χ3v) is 5.51. The van der Waals surface area contributed by atoms with Crippen molar-refractivity contribution in [3.8, 4) is 12.3 Å². The average Bonchev–Trinajstić information content (AvgIpc) is 2.59. The minimum absolute atomic E-state index is 0.127. The van der Waals surface area contributed by atoms with Gasteiger partial charge in [-0.25, -0.2) is 0 Å². The molecule has 30 heavy (non-hydrogen) atoms. The van der Waals surface area contributed by atoms with E-state index in [0.717, 1.165) is 5.70 Å². The van der Waals surface area contributed by atoms with Gasteiger partial charge in [0.2, 0.25) is 11.8 Å². The fourth-order valence-electron chi connectivity index (χ4n) is 2.13. The zero-order chi connectivity index (χ0) is 23.8. The van der Waals surface area contributed by atoms with Gasteiger partial charge in [-0.3, -0.25) is 9.59 Å². The predicted octanol–water partition coefficient (Wildman–Crippen LogP) is 3.48. The van der Waals surface area contributed by atoms with Crippen LogP contribution >= 0.6 is 47.8 Å². The molecule has 0 rings (SSSR count). The van der Waals surface area contributed by atoms with Crippen molar-refractivity contribution < 1.29 is 14.3 Å². The minimum atomic E-state index is -0.728. The van der Waals surface area contributed by atoms with Crippen LogP contribution in [0.15, 0.2) is 12.3 Å². The fraction of sp³-hybridized carbons (Fsp3) is 0.714. The molecule has 0 radical (unpaired) electrons. The second-order valence-corrected chi connectivity index (χ2v) is 14.8. The smallest absolute Gasteiger partial charge is 0.236 e. The molecule has 0 atom stereocenters. The topological polar surface area (TPSA) is 79.5 Å². The molecule has 6 nitrogen and oxygen atoms in total. The fourth-order valence-corrected chi connectivity index (χ4v) is 2.55. The van der Waals surface area contributed by atoms with Gasteiger partial charge >= 0.3 is 0 Å². The number of rotatable bonds is 13. The number of nitrogens with one attached hydrogen (secondary N) is 3. The van der Waals surface area contributed by atoms with Crippen LogP contribution in [0.1, 0.15) is 41.5 Å². The van der Waals surface area contributed by atoms with Gasteiger partial charge in [-0.1, -0.05) is 60.3 Å². The van der Waals surface area contributed by atoms with Crippen LogP contribution in [0.2, 0.25) is 0 Å². The van der Waals surface area contributed by atoms with Gasteiger partial charge in [-0.15, -0.1) is 6.42 Å². The van der Waals surface area contributed by atoms with Gasteiger partial charge in [0.15, 0.2) is 0 Å². The summed E-state index contributed by atoms with van der Waals surface area (Å²) in [6, 6.07) is 0. The first kappa shape index (κ1) is 29.4. The number of hydrogen-bond acceptors (Lipinski definition) is 4. The highest BCUT2D eigenvalue weighted by atomic mass is 79.9. The van der Waals surface area contributed by atoms with Gasteiger partial charge in [0.25, 0.3) is 0 Å². The summed E-state index contributed by atoms with van der Waals surface area (Å²) in [5.41, 5.74) is 0.1000. The molecular formula is C21H34Br3N3O3. The second-order valence-electron chi connectivity index (χ2n) is 8.81. The number of terminal acetylenes is 1. The lowest BCUT2D eigenvalue weighted by Gasteiger charge is -2.37. The van der Waals surface area contributed by atoms with Crippen molar-refractivity contribution in [2.24, 2.45) is 5.41 Å². The normalized spacial score (nSPS) is 12.7. The van der Waals surface area contributed by atoms with Crippen LogP contribution in [0.3, 0.4) is 0 Å². The average molecular weight is 616 g/mol. The van der Waals surface area contributed by atoms with Crippen LogP contribution in [-0.4, -0.2) is 57.6 Å². The number of hydrogen-bond donors (Lipinski definition) is 3. The quantitative estimate of drug-likeness (QED) is 0.168. The van der Waals surface area contributed by atoms with Gasteiger partial charge < -0.3 is 20.7 Å². The van der Waals surface area contributed by atoms with E-state index in [9.17, 15) is 9.59 Å². The van der Waals surface area contributed by atoms with Crippen molar-refractivity contribution in [2.75, 3.05) is 32.8 Å². The molecule has 0 spiro atoms. The second kappa shape index (κ2) is 11.9. The van der Waals surface area contributed by atoms with Crippen molar-refractivity contribution >= 4 is 59.6 Å². The Balaban J connectivity index is 5.68. The lowest BCUT2D eigenvalue weighted by atomic mass is 9.87. The van der Waals surface area contributed by atoms with E-state index >= 15 is 0 Å². The summed E-state index contributed by atoms with van der Waals surface area (Å²) in [5.74, 6) is 2.11. The molecule has 3 N–H and O–H groups in total. The van der Waals surface area contributed by atoms with Crippen LogP contribution in [0.5, 0.6) is 0 Å². The Hall–Kier alpha value is -0.560. The van der Waals surface area contributed by atoms with Gasteiger partial charge in [0, 0.05) is 30.7 Å². The van der Waals surface area contributed by atoms with E-state index in [1.807, 2.05) is 13.8 Å². The largest absolute Gasteiger partial charge is 0.387 e. The molecule has 0 aliphatic carbocycles. The highest BCUT2D eigenvalue weighted by Gasteiger charge is 2.36. The predicted molar refractivity (Wildman–Crippen MR) is 134 cm³/mol. The molecule has 0 aromatic rings. The Morgan fingerprint density at radius 2 is 1.27 bits per heavy atom. The molecule has 0 bridgehead atoms. The Morgan fingerprint density at radius 3 is 1.60 bits per heavy atom. The van der Waals surface area contributed by atoms with Crippen LogP contribution in [0, 0.1) is 17.8 Å². The van der Waals surface area contributed by atoms with Gasteiger partial charge in [0.05, 0.1) is 19.6 Å². The summed E-state index contributed by atoms with van der Waals surface area (Å²) in [4.78, 5) is 24.9. The SMILES string of the molecule is C#CCOCC(CNC(=C)C(C)(C)Br)(CNC(=O)C(C)(C)Br)CNC(=O)C(C)(C)Br. The number of amides is 2. The van der Waals surface area contributed by atoms with E-state index in [1.165, 1.54) is 0 Å². The van der Waals surface area contributed by atoms with Crippen molar-refractivity contribution in [3.63, 3.8) is 0 Å². The lowest BCUT2D eigenvalue weighted by molar-refractivity contribution is -0.123. The standard InChI is InChI=1S/C21H34Br3N3O3/c1-9-10-30-14-21(11-25-15(2)18(3,4)22,12-26-16(28)19(5,6)23)13-27-17(29)20(7,8)24/h1,25H,2,10-14H2,3-8H3,(H,26,28)(H,27,29). The van der Waals surface area contributed by atoms with Crippen molar-refractivity contribution in [1.29, 1.82) is 0 Å². The minimum Gasteiger partial charge on any atom is -0.387 e. The maximum Gasteiger partial charge on any atom is 0.236 e. The summed E-state index contributed by atoms with van der Waals surface area (Å²) in [6.45, 7) is 16.4. The number of allylic oxidation sites excluding steroid dienone is 1. The highest BCUT2D eigenvalue weighted by Crippen LogP contribution is 2.25. The molecule has 2 amide bonds. The summed E-state index contributed by atoms with van der Waals surface area (Å²) >= 11 is 10.3. The molecule has 0 unspecified atom stereocenters. The number of ether oxygens (including phenoxy) is 1. The summed E-state index contributed by atoms with van der Waals surface area (Å²) in [5, 5.41) is 9.22. The molecular weight excluding hydrogens is 582 g/mol. The third kappa shape index (κ3) is 11.2. The zero-order valence-corrected chi connectivity index (χ0v) is 23.4. The maximum absolute atomic E-state index is 12.5. The Kier molecular flexibility index (Phi) is 11.7. The first-order chi connectivity index (χ1) is 13.4. The van der Waals surface area contributed by atoms with Crippen molar-refractivity contribution in [1.82, 2.24) is 16.0 Å². The first-order valence-electron chi connectivity index (χ1n) is 9.52. The van der Waals surface area contributed by atoms with E-state index in [2.05, 4.69) is 76.2 Å². The third-order valence-electron chi connectivity index (χ3n) is 4.32. The molecule has 0 aliphatic heterocycles. The Morgan fingerprint density at radius 1 is 0.867 bits per heavy atom. The Bertz CT molecular complexity index is 580. The van der Waals surface area contributed by atoms with Crippen LogP contribution in [-0.2, 0) is 14.3 Å². The Labute approximate surface area is 206 Å². The molecule has 0 aliphatic rings. The van der Waals surface area contributed by atoms with Crippen LogP contribution in [0.4, 0.5) is 0 Å². The summed E-state index contributed by atoms with van der Waals surface area (Å²) < 4.78 is 3.87. The van der Waals surface area contributed by atoms with E-state index in [0.29, 0.717) is 6.54 Å². The molecule has 9 heteroatoms. The molecule has 0 heterocycles. The van der Waals surface area contributed by atoms with Gasteiger partial charge in [-0.2, -0.15) is 0 Å². The zero-order valence-electron chi connectivity index (χ0n) is 18.7. The first-order valence-corrected chi connectivity index (χ1v) is 11.9.